The fourth-order valence-corrected chi connectivity index (χ4v) is 5.07. The summed E-state index contributed by atoms with van der Waals surface area (Å²) in [5.74, 6) is -0.328. The predicted molar refractivity (Wildman–Crippen MR) is 118 cm³/mol. The fraction of sp³-hybridized carbons (Fsp3) is 0.130. The van der Waals surface area contributed by atoms with Crippen LogP contribution in [0.3, 0.4) is 0 Å². The van der Waals surface area contributed by atoms with Gasteiger partial charge in [0.2, 0.25) is 0 Å². The van der Waals surface area contributed by atoms with E-state index in [0.29, 0.717) is 21.2 Å². The van der Waals surface area contributed by atoms with Gasteiger partial charge in [0, 0.05) is 25.9 Å². The van der Waals surface area contributed by atoms with Gasteiger partial charge in [-0.05, 0) is 47.5 Å². The molecule has 1 atom stereocenters. The van der Waals surface area contributed by atoms with Crippen molar-refractivity contribution in [3.05, 3.63) is 71.8 Å². The van der Waals surface area contributed by atoms with Gasteiger partial charge in [-0.2, -0.15) is 0 Å². The Hall–Kier alpha value is -2.38. The lowest BCUT2D eigenvalue weighted by molar-refractivity contribution is -0.274. The molecule has 4 rings (SSSR count). The van der Waals surface area contributed by atoms with Crippen LogP contribution >= 0.6 is 14.8 Å². The monoisotopic (exact) mass is 492 g/mol. The van der Waals surface area contributed by atoms with E-state index in [9.17, 15) is 17.4 Å². The number of hydrogen-bond acceptors (Lipinski definition) is 2. The number of rotatable bonds is 3. The van der Waals surface area contributed by atoms with Crippen LogP contribution in [-0.2, 0) is 9.23 Å². The van der Waals surface area contributed by atoms with Crippen molar-refractivity contribution in [1.82, 2.24) is 0 Å². The van der Waals surface area contributed by atoms with Gasteiger partial charge >= 0.3 is 6.36 Å². The second kappa shape index (κ2) is 7.71. The quantitative estimate of drug-likeness (QED) is 0.275. The molecule has 0 aliphatic heterocycles. The van der Waals surface area contributed by atoms with Gasteiger partial charge in [-0.25, -0.2) is 4.21 Å². The molecule has 0 spiro atoms. The third-order valence-corrected chi connectivity index (χ3v) is 6.66. The van der Waals surface area contributed by atoms with Gasteiger partial charge < -0.3 is 4.74 Å². The number of alkyl halides is 3. The van der Waals surface area contributed by atoms with E-state index >= 15 is 0 Å². The average Bonchev–Trinajstić information content (AvgIpc) is 2.65. The lowest BCUT2D eigenvalue weighted by Gasteiger charge is -2.19. The summed E-state index contributed by atoms with van der Waals surface area (Å²) in [6.45, 7) is 3.85. The summed E-state index contributed by atoms with van der Waals surface area (Å²) in [5, 5.41) is 2.91. The van der Waals surface area contributed by atoms with Gasteiger partial charge in [0.05, 0.1) is 4.90 Å². The third kappa shape index (κ3) is 3.96. The maximum absolute atomic E-state index is 13.2. The molecule has 4 aromatic rings. The summed E-state index contributed by atoms with van der Waals surface area (Å²) in [4.78, 5) is 0.381. The summed E-state index contributed by atoms with van der Waals surface area (Å²) >= 11 is 3.10. The molecule has 0 saturated carbocycles. The minimum Gasteiger partial charge on any atom is -0.405 e. The lowest BCUT2D eigenvalue weighted by Crippen LogP contribution is -2.17. The maximum atomic E-state index is 13.2. The Kier molecular flexibility index (Phi) is 5.36. The van der Waals surface area contributed by atoms with Gasteiger partial charge in [-0.3, -0.25) is 0 Å². The van der Waals surface area contributed by atoms with Crippen molar-refractivity contribution in [1.29, 1.82) is 0 Å². The summed E-state index contributed by atoms with van der Waals surface area (Å²) in [6, 6.07) is 17.6. The highest BCUT2D eigenvalue weighted by Gasteiger charge is 2.33. The zero-order valence-electron chi connectivity index (χ0n) is 16.0. The Morgan fingerprint density at radius 1 is 0.800 bits per heavy atom. The molecule has 0 heterocycles. The Labute approximate surface area is 181 Å². The number of ether oxygens (including phenoxy) is 1. The Morgan fingerprint density at radius 2 is 1.33 bits per heavy atom. The van der Waals surface area contributed by atoms with E-state index in [2.05, 4.69) is 19.5 Å². The normalized spacial score (nSPS) is 13.0. The van der Waals surface area contributed by atoms with E-state index in [-0.39, 0.29) is 11.3 Å². The molecule has 4 aromatic carbocycles. The number of halogens is 4. The van der Waals surface area contributed by atoms with E-state index in [1.54, 1.807) is 18.2 Å². The van der Waals surface area contributed by atoms with Crippen LogP contribution in [0, 0.1) is 13.8 Å². The van der Waals surface area contributed by atoms with Crippen LogP contribution in [-0.4, -0.2) is 10.6 Å². The molecule has 0 bridgehead atoms. The van der Waals surface area contributed by atoms with Gasteiger partial charge in [-0.15, -0.1) is 13.2 Å². The van der Waals surface area contributed by atoms with Gasteiger partial charge in [0.25, 0.3) is 0 Å². The van der Waals surface area contributed by atoms with E-state index in [0.717, 1.165) is 21.9 Å². The van der Waals surface area contributed by atoms with Gasteiger partial charge in [-0.1, -0.05) is 59.7 Å². The second-order valence-corrected chi connectivity index (χ2v) is 9.75. The third-order valence-electron chi connectivity index (χ3n) is 4.92. The molecular formula is C23H16BrF3O2S. The average molecular weight is 493 g/mol. The largest absolute Gasteiger partial charge is 0.573 e. The molecule has 0 aromatic heterocycles. The SMILES string of the molecule is Cc1ccc2c(-c3c(S(=O)Br)ccc4cc(C)ccc34)c(OC(F)(F)F)ccc2c1. The zero-order valence-corrected chi connectivity index (χ0v) is 18.4. The first-order valence-corrected chi connectivity index (χ1v) is 12.0. The minimum absolute atomic E-state index is 0.266. The molecule has 0 aliphatic rings. The van der Waals surface area contributed by atoms with E-state index < -0.39 is 15.6 Å². The molecule has 1 unspecified atom stereocenters. The smallest absolute Gasteiger partial charge is 0.405 e. The Balaban J connectivity index is 2.19. The standard InChI is InChI=1S/C23H16BrF3O2S/c1-13-3-7-17-15(11-13)5-9-19(29-23(25,26)27)21(17)22-18-8-4-14(2)12-16(18)6-10-20(22)30(24)28/h3-12H,1-2H3. The number of fused-ring (bicyclic) bond motifs is 2. The minimum atomic E-state index is -4.86. The highest BCUT2D eigenvalue weighted by Crippen LogP contribution is 2.45. The van der Waals surface area contributed by atoms with Crippen LogP contribution in [0.1, 0.15) is 11.1 Å². The van der Waals surface area contributed by atoms with E-state index in [1.807, 2.05) is 50.2 Å². The molecule has 7 heteroatoms. The van der Waals surface area contributed by atoms with Crippen LogP contribution < -0.4 is 4.74 Å². The van der Waals surface area contributed by atoms with Crippen molar-refractivity contribution in [3.8, 4) is 16.9 Å². The molecular weight excluding hydrogens is 477 g/mol. The van der Waals surface area contributed by atoms with Crippen molar-refractivity contribution in [3.63, 3.8) is 0 Å². The van der Waals surface area contributed by atoms with Crippen molar-refractivity contribution in [2.24, 2.45) is 0 Å². The molecule has 0 radical (unpaired) electrons. The number of hydrogen-bond donors (Lipinski definition) is 0. The van der Waals surface area contributed by atoms with Crippen molar-refractivity contribution in [2.45, 2.75) is 25.1 Å². The van der Waals surface area contributed by atoms with Crippen LogP contribution in [0.15, 0.2) is 65.6 Å². The van der Waals surface area contributed by atoms with Crippen LogP contribution in [0.4, 0.5) is 13.2 Å². The molecule has 0 N–H and O–H groups in total. The fourth-order valence-electron chi connectivity index (χ4n) is 3.72. The second-order valence-electron chi connectivity index (χ2n) is 7.10. The first-order chi connectivity index (χ1) is 14.1. The Bertz CT molecular complexity index is 1320. The summed E-state index contributed by atoms with van der Waals surface area (Å²) < 4.78 is 56.6. The Morgan fingerprint density at radius 3 is 1.87 bits per heavy atom. The molecule has 0 aliphatic carbocycles. The summed E-state index contributed by atoms with van der Waals surface area (Å²) in [6.07, 6.45) is -4.86. The number of benzene rings is 4. The molecule has 2 nitrogen and oxygen atoms in total. The van der Waals surface area contributed by atoms with Crippen LogP contribution in [0.2, 0.25) is 0 Å². The van der Waals surface area contributed by atoms with Crippen LogP contribution in [0.5, 0.6) is 5.75 Å². The van der Waals surface area contributed by atoms with E-state index in [4.69, 9.17) is 0 Å². The lowest BCUT2D eigenvalue weighted by atomic mass is 9.92. The van der Waals surface area contributed by atoms with Crippen molar-refractivity contribution in [2.75, 3.05) is 0 Å². The van der Waals surface area contributed by atoms with Crippen molar-refractivity contribution >= 4 is 45.6 Å². The highest BCUT2D eigenvalue weighted by atomic mass is 79.9. The first-order valence-electron chi connectivity index (χ1n) is 9.05. The molecule has 154 valence electrons. The van der Waals surface area contributed by atoms with Crippen molar-refractivity contribution < 1.29 is 22.1 Å². The molecule has 0 amide bonds. The zero-order chi connectivity index (χ0) is 21.6. The molecule has 0 fully saturated rings. The van der Waals surface area contributed by atoms with E-state index in [1.165, 1.54) is 6.07 Å². The topological polar surface area (TPSA) is 26.3 Å². The number of aryl methyl sites for hydroxylation is 2. The maximum Gasteiger partial charge on any atom is 0.573 e. The summed E-state index contributed by atoms with van der Waals surface area (Å²) in [7, 11) is -1.61. The predicted octanol–water partition coefficient (Wildman–Crippen LogP) is 7.59. The van der Waals surface area contributed by atoms with Crippen LogP contribution in [0.25, 0.3) is 32.7 Å². The molecule has 0 saturated heterocycles. The summed E-state index contributed by atoms with van der Waals surface area (Å²) in [5.41, 5.74) is 2.72. The first kappa shape index (κ1) is 20.9. The van der Waals surface area contributed by atoms with Gasteiger partial charge in [0.1, 0.15) is 15.0 Å². The van der Waals surface area contributed by atoms with Gasteiger partial charge in [0.15, 0.2) is 0 Å². The highest BCUT2D eigenvalue weighted by molar-refractivity contribution is 9.46. The molecule has 30 heavy (non-hydrogen) atoms.